The molecule has 4 nitrogen and oxygen atoms in total. The molecule has 1 N–H and O–H groups in total. The Morgan fingerprint density at radius 2 is 1.84 bits per heavy atom. The third-order valence-electron chi connectivity index (χ3n) is 2.31. The maximum Gasteiger partial charge on any atom is 0.244 e. The number of hydrogen-bond acceptors (Lipinski definition) is 3. The molecule has 0 amide bonds. The van der Waals surface area contributed by atoms with E-state index < -0.39 is 32.4 Å². The Labute approximate surface area is 106 Å². The van der Waals surface area contributed by atoms with Crippen LogP contribution in [0.25, 0.3) is 0 Å². The quantitative estimate of drug-likeness (QED) is 0.878. The first-order chi connectivity index (χ1) is 8.92. The smallest absolute Gasteiger partial charge is 0.244 e. The number of nitrogens with one attached hydrogen (secondary N) is 1. The van der Waals surface area contributed by atoms with Gasteiger partial charge in [0.2, 0.25) is 10.0 Å². The van der Waals surface area contributed by atoms with Crippen molar-refractivity contribution in [3.05, 3.63) is 53.7 Å². The standard InChI is InChI=1S/C11H8F3NO3S/c12-8-3-4-9(11(14)10(8)13)19(16,17)15-6-7-2-1-5-18-7/h1-5,15H,6H2. The molecule has 0 atom stereocenters. The molecule has 0 aliphatic carbocycles. The molecule has 8 heteroatoms. The van der Waals surface area contributed by atoms with Gasteiger partial charge in [-0.25, -0.2) is 26.3 Å². The number of furan rings is 1. The lowest BCUT2D eigenvalue weighted by Gasteiger charge is -2.07. The summed E-state index contributed by atoms with van der Waals surface area (Å²) in [5.74, 6) is -4.75. The highest BCUT2D eigenvalue weighted by atomic mass is 32.2. The van der Waals surface area contributed by atoms with Crippen molar-refractivity contribution in [3.8, 4) is 0 Å². The predicted octanol–water partition coefficient (Wildman–Crippen LogP) is 2.18. The fourth-order valence-electron chi connectivity index (χ4n) is 1.37. The Morgan fingerprint density at radius 1 is 1.11 bits per heavy atom. The summed E-state index contributed by atoms with van der Waals surface area (Å²) < 4.78 is 69.4. The van der Waals surface area contributed by atoms with Crippen LogP contribution >= 0.6 is 0 Å². The fourth-order valence-corrected chi connectivity index (χ4v) is 2.43. The van der Waals surface area contributed by atoms with Crippen molar-refractivity contribution < 1.29 is 26.0 Å². The second-order valence-corrected chi connectivity index (χ2v) is 5.31. The summed E-state index contributed by atoms with van der Waals surface area (Å²) >= 11 is 0. The molecule has 2 rings (SSSR count). The summed E-state index contributed by atoms with van der Waals surface area (Å²) in [6.07, 6.45) is 1.34. The van der Waals surface area contributed by atoms with Gasteiger partial charge in [-0.3, -0.25) is 0 Å². The molecular weight excluding hydrogens is 283 g/mol. The molecule has 19 heavy (non-hydrogen) atoms. The van der Waals surface area contributed by atoms with Crippen LogP contribution in [0, 0.1) is 17.5 Å². The van der Waals surface area contributed by atoms with Crippen LogP contribution < -0.4 is 4.72 Å². The van der Waals surface area contributed by atoms with E-state index in [9.17, 15) is 21.6 Å². The van der Waals surface area contributed by atoms with E-state index in [0.717, 1.165) is 0 Å². The summed E-state index contributed by atoms with van der Waals surface area (Å²) in [7, 11) is -4.30. The van der Waals surface area contributed by atoms with Gasteiger partial charge in [-0.1, -0.05) is 0 Å². The largest absolute Gasteiger partial charge is 0.468 e. The second kappa shape index (κ2) is 5.06. The number of hydrogen-bond donors (Lipinski definition) is 1. The monoisotopic (exact) mass is 291 g/mol. The maximum absolute atomic E-state index is 13.4. The number of halogens is 3. The molecule has 0 unspecified atom stereocenters. The molecule has 0 fully saturated rings. The van der Waals surface area contributed by atoms with Crippen molar-refractivity contribution in [1.82, 2.24) is 4.72 Å². The number of sulfonamides is 1. The predicted molar refractivity (Wildman–Crippen MR) is 59.0 cm³/mol. The van der Waals surface area contributed by atoms with Gasteiger partial charge in [0.05, 0.1) is 12.8 Å². The highest BCUT2D eigenvalue weighted by molar-refractivity contribution is 7.89. The van der Waals surface area contributed by atoms with Crippen molar-refractivity contribution in [2.45, 2.75) is 11.4 Å². The molecule has 0 aliphatic rings. The Balaban J connectivity index is 2.27. The summed E-state index contributed by atoms with van der Waals surface area (Å²) in [4.78, 5) is -0.960. The Bertz CT molecular complexity index is 683. The van der Waals surface area contributed by atoms with Gasteiger partial charge < -0.3 is 4.42 Å². The summed E-state index contributed by atoms with van der Waals surface area (Å²) in [5, 5.41) is 0. The molecule has 0 bridgehead atoms. The lowest BCUT2D eigenvalue weighted by atomic mass is 10.3. The highest BCUT2D eigenvalue weighted by Gasteiger charge is 2.23. The van der Waals surface area contributed by atoms with Gasteiger partial charge in [0.15, 0.2) is 17.5 Å². The fraction of sp³-hybridized carbons (Fsp3) is 0.0909. The van der Waals surface area contributed by atoms with Crippen LogP contribution in [0.4, 0.5) is 13.2 Å². The molecule has 1 heterocycles. The first-order valence-electron chi connectivity index (χ1n) is 5.07. The zero-order valence-electron chi connectivity index (χ0n) is 9.36. The van der Waals surface area contributed by atoms with Gasteiger partial charge in [-0.05, 0) is 24.3 Å². The molecule has 0 spiro atoms. The van der Waals surface area contributed by atoms with Gasteiger partial charge in [0.1, 0.15) is 10.7 Å². The first kappa shape index (κ1) is 13.6. The Kier molecular flexibility index (Phi) is 3.63. The average molecular weight is 291 g/mol. The van der Waals surface area contributed by atoms with Crippen molar-refractivity contribution in [2.75, 3.05) is 0 Å². The topological polar surface area (TPSA) is 59.3 Å². The van der Waals surface area contributed by atoms with Gasteiger partial charge in [-0.15, -0.1) is 0 Å². The van der Waals surface area contributed by atoms with Gasteiger partial charge >= 0.3 is 0 Å². The molecular formula is C11H8F3NO3S. The first-order valence-corrected chi connectivity index (χ1v) is 6.55. The van der Waals surface area contributed by atoms with Crippen LogP contribution in [0.15, 0.2) is 39.8 Å². The van der Waals surface area contributed by atoms with Crippen molar-refractivity contribution in [3.63, 3.8) is 0 Å². The lowest BCUT2D eigenvalue weighted by molar-refractivity contribution is 0.431. The maximum atomic E-state index is 13.4. The molecule has 0 radical (unpaired) electrons. The minimum absolute atomic E-state index is 0.228. The molecule has 0 aliphatic heterocycles. The minimum atomic E-state index is -4.30. The van der Waals surface area contributed by atoms with Crippen LogP contribution in [0.5, 0.6) is 0 Å². The van der Waals surface area contributed by atoms with Crippen LogP contribution in [0.1, 0.15) is 5.76 Å². The van der Waals surface area contributed by atoms with E-state index in [-0.39, 0.29) is 6.54 Å². The van der Waals surface area contributed by atoms with E-state index >= 15 is 0 Å². The Morgan fingerprint density at radius 3 is 2.47 bits per heavy atom. The van der Waals surface area contributed by atoms with Crippen LogP contribution in [0.3, 0.4) is 0 Å². The Hall–Kier alpha value is -1.80. The molecule has 102 valence electrons. The summed E-state index contributed by atoms with van der Waals surface area (Å²) in [6, 6.07) is 4.24. The second-order valence-electron chi connectivity index (χ2n) is 3.58. The number of benzene rings is 1. The van der Waals surface area contributed by atoms with Crippen molar-refractivity contribution in [1.29, 1.82) is 0 Å². The van der Waals surface area contributed by atoms with Crippen LogP contribution in [-0.2, 0) is 16.6 Å². The summed E-state index contributed by atoms with van der Waals surface area (Å²) in [5.41, 5.74) is 0. The lowest BCUT2D eigenvalue weighted by Crippen LogP contribution is -2.24. The van der Waals surface area contributed by atoms with Gasteiger partial charge in [0.25, 0.3) is 0 Å². The molecule has 0 saturated carbocycles. The molecule has 1 aromatic heterocycles. The van der Waals surface area contributed by atoms with Crippen molar-refractivity contribution in [2.24, 2.45) is 0 Å². The number of rotatable bonds is 4. The molecule has 2 aromatic rings. The van der Waals surface area contributed by atoms with Crippen LogP contribution in [0.2, 0.25) is 0 Å². The minimum Gasteiger partial charge on any atom is -0.468 e. The normalized spacial score (nSPS) is 11.7. The zero-order chi connectivity index (χ0) is 14.0. The highest BCUT2D eigenvalue weighted by Crippen LogP contribution is 2.19. The van der Waals surface area contributed by atoms with Gasteiger partial charge in [0, 0.05) is 0 Å². The molecule has 1 aromatic carbocycles. The zero-order valence-corrected chi connectivity index (χ0v) is 10.2. The van der Waals surface area contributed by atoms with E-state index in [4.69, 9.17) is 4.42 Å². The van der Waals surface area contributed by atoms with E-state index in [1.165, 1.54) is 12.3 Å². The van der Waals surface area contributed by atoms with Crippen molar-refractivity contribution >= 4 is 10.0 Å². The summed E-state index contributed by atoms with van der Waals surface area (Å²) in [6.45, 7) is -0.228. The third-order valence-corrected chi connectivity index (χ3v) is 3.72. The average Bonchev–Trinajstić information content (AvgIpc) is 2.86. The van der Waals surface area contributed by atoms with E-state index in [1.807, 2.05) is 4.72 Å². The van der Waals surface area contributed by atoms with E-state index in [2.05, 4.69) is 0 Å². The van der Waals surface area contributed by atoms with Gasteiger partial charge in [-0.2, -0.15) is 0 Å². The SMILES string of the molecule is O=S(=O)(NCc1ccco1)c1ccc(F)c(F)c1F. The van der Waals surface area contributed by atoms with E-state index in [1.54, 1.807) is 6.07 Å². The molecule has 0 saturated heterocycles. The van der Waals surface area contributed by atoms with E-state index in [0.29, 0.717) is 17.9 Å². The van der Waals surface area contributed by atoms with Crippen LogP contribution in [-0.4, -0.2) is 8.42 Å². The third kappa shape index (κ3) is 2.79.